The van der Waals surface area contributed by atoms with Crippen molar-refractivity contribution in [2.24, 2.45) is 0 Å². The molecule has 0 fully saturated rings. The summed E-state index contributed by atoms with van der Waals surface area (Å²) in [6, 6.07) is 7.15. The van der Waals surface area contributed by atoms with Crippen LogP contribution in [0.4, 0.5) is 4.39 Å². The molecule has 0 amide bonds. The number of rotatable bonds is 4. The van der Waals surface area contributed by atoms with Gasteiger partial charge < -0.3 is 9.47 Å². The molecule has 21 heavy (non-hydrogen) atoms. The van der Waals surface area contributed by atoms with Gasteiger partial charge in [-0.3, -0.25) is 4.79 Å². The monoisotopic (exact) mass is 416 g/mol. The molecule has 110 valence electrons. The van der Waals surface area contributed by atoms with Gasteiger partial charge in [-0.05, 0) is 46.3 Å². The van der Waals surface area contributed by atoms with Crippen LogP contribution in [0.5, 0.6) is 11.5 Å². The molecule has 0 N–H and O–H groups in total. The summed E-state index contributed by atoms with van der Waals surface area (Å²) in [5.74, 6) is 0.0316. The maximum absolute atomic E-state index is 13.4. The van der Waals surface area contributed by atoms with E-state index in [0.29, 0.717) is 26.0 Å². The Labute approximate surface area is 138 Å². The van der Waals surface area contributed by atoms with E-state index in [1.54, 1.807) is 12.1 Å². The minimum atomic E-state index is -0.482. The Morgan fingerprint density at radius 2 is 1.62 bits per heavy atom. The minimum absolute atomic E-state index is 0.220. The van der Waals surface area contributed by atoms with E-state index in [1.807, 2.05) is 0 Å². The predicted molar refractivity (Wildman–Crippen MR) is 84.8 cm³/mol. The van der Waals surface area contributed by atoms with Crippen molar-refractivity contribution in [2.75, 3.05) is 14.2 Å². The third-order valence-electron chi connectivity index (χ3n) is 2.89. The van der Waals surface area contributed by atoms with Crippen molar-refractivity contribution < 1.29 is 18.7 Å². The molecule has 0 aliphatic rings. The van der Waals surface area contributed by atoms with Crippen LogP contribution < -0.4 is 9.47 Å². The van der Waals surface area contributed by atoms with Gasteiger partial charge in [0.2, 0.25) is 0 Å². The molecule has 2 aromatic rings. The maximum Gasteiger partial charge on any atom is 0.198 e. The smallest absolute Gasteiger partial charge is 0.198 e. The standard InChI is InChI=1S/C15H11Br2FO3/c1-20-13-7-12(17)14(21-2)6-10(13)15(19)9-5-8(18)3-4-11(9)16/h3-7H,1-2H3. The number of ketones is 1. The van der Waals surface area contributed by atoms with Gasteiger partial charge in [-0.1, -0.05) is 15.9 Å². The Balaban J connectivity index is 2.59. The first kappa shape index (κ1) is 16.0. The fraction of sp³-hybridized carbons (Fsp3) is 0.133. The van der Waals surface area contributed by atoms with Crippen molar-refractivity contribution in [3.8, 4) is 11.5 Å². The van der Waals surface area contributed by atoms with Crippen molar-refractivity contribution in [1.82, 2.24) is 0 Å². The van der Waals surface area contributed by atoms with Crippen molar-refractivity contribution in [2.45, 2.75) is 0 Å². The van der Waals surface area contributed by atoms with E-state index in [1.165, 1.54) is 32.4 Å². The summed E-state index contributed by atoms with van der Waals surface area (Å²) in [4.78, 5) is 12.6. The number of hydrogen-bond acceptors (Lipinski definition) is 3. The molecule has 2 aromatic carbocycles. The molecule has 2 rings (SSSR count). The molecule has 0 aliphatic heterocycles. The van der Waals surface area contributed by atoms with E-state index in [-0.39, 0.29) is 11.3 Å². The van der Waals surface area contributed by atoms with Gasteiger partial charge in [-0.25, -0.2) is 4.39 Å². The first-order valence-corrected chi connectivity index (χ1v) is 7.47. The Hall–Kier alpha value is -1.40. The first-order chi connectivity index (χ1) is 9.97. The van der Waals surface area contributed by atoms with E-state index in [0.717, 1.165) is 0 Å². The molecule has 0 saturated carbocycles. The second-order valence-corrected chi connectivity index (χ2v) is 5.85. The zero-order valence-electron chi connectivity index (χ0n) is 11.2. The SMILES string of the molecule is COc1cc(C(=O)c2cc(F)ccc2Br)c(OC)cc1Br. The topological polar surface area (TPSA) is 35.5 Å². The highest BCUT2D eigenvalue weighted by Crippen LogP contribution is 2.34. The van der Waals surface area contributed by atoms with E-state index in [2.05, 4.69) is 31.9 Å². The van der Waals surface area contributed by atoms with Crippen LogP contribution in [0.25, 0.3) is 0 Å². The number of methoxy groups -OCH3 is 2. The summed E-state index contributed by atoms with van der Waals surface area (Å²) in [5, 5.41) is 0. The molecule has 3 nitrogen and oxygen atoms in total. The third-order valence-corrected chi connectivity index (χ3v) is 4.20. The number of carbonyl (C=O) groups excluding carboxylic acids is 1. The van der Waals surface area contributed by atoms with E-state index < -0.39 is 5.82 Å². The van der Waals surface area contributed by atoms with E-state index in [4.69, 9.17) is 9.47 Å². The average molecular weight is 418 g/mol. The fourth-order valence-electron chi connectivity index (χ4n) is 1.85. The van der Waals surface area contributed by atoms with Gasteiger partial charge in [-0.2, -0.15) is 0 Å². The largest absolute Gasteiger partial charge is 0.496 e. The molecule has 0 spiro atoms. The maximum atomic E-state index is 13.4. The van der Waals surface area contributed by atoms with E-state index in [9.17, 15) is 9.18 Å². The van der Waals surface area contributed by atoms with Gasteiger partial charge in [-0.15, -0.1) is 0 Å². The van der Waals surface area contributed by atoms with Crippen LogP contribution in [-0.4, -0.2) is 20.0 Å². The van der Waals surface area contributed by atoms with Crippen LogP contribution in [0.1, 0.15) is 15.9 Å². The van der Waals surface area contributed by atoms with Gasteiger partial charge in [0.25, 0.3) is 0 Å². The quantitative estimate of drug-likeness (QED) is 0.682. The van der Waals surface area contributed by atoms with Crippen LogP contribution in [0, 0.1) is 5.82 Å². The molecule has 0 unspecified atom stereocenters. The Morgan fingerprint density at radius 3 is 2.24 bits per heavy atom. The highest BCUT2D eigenvalue weighted by Gasteiger charge is 2.20. The number of benzene rings is 2. The summed E-state index contributed by atoms with van der Waals surface area (Å²) in [7, 11) is 2.96. The molecule has 0 atom stereocenters. The molecule has 0 heterocycles. The number of hydrogen-bond donors (Lipinski definition) is 0. The second kappa shape index (κ2) is 6.58. The lowest BCUT2D eigenvalue weighted by Gasteiger charge is -2.12. The normalized spacial score (nSPS) is 10.3. The highest BCUT2D eigenvalue weighted by molar-refractivity contribution is 9.10. The van der Waals surface area contributed by atoms with Crippen molar-refractivity contribution in [1.29, 1.82) is 0 Å². The summed E-state index contributed by atoms with van der Waals surface area (Å²) < 4.78 is 25.0. The van der Waals surface area contributed by atoms with Crippen LogP contribution >= 0.6 is 31.9 Å². The molecule has 0 saturated heterocycles. The predicted octanol–water partition coefficient (Wildman–Crippen LogP) is 4.60. The lowest BCUT2D eigenvalue weighted by molar-refractivity contribution is 0.103. The first-order valence-electron chi connectivity index (χ1n) is 5.89. The minimum Gasteiger partial charge on any atom is -0.496 e. The third kappa shape index (κ3) is 3.27. The Bertz CT molecular complexity index is 702. The van der Waals surface area contributed by atoms with Gasteiger partial charge in [0.1, 0.15) is 17.3 Å². The molecule has 0 radical (unpaired) electrons. The van der Waals surface area contributed by atoms with Gasteiger partial charge in [0.05, 0.1) is 24.3 Å². The number of ether oxygens (including phenoxy) is 2. The second-order valence-electron chi connectivity index (χ2n) is 4.14. The van der Waals surface area contributed by atoms with Crippen molar-refractivity contribution in [3.63, 3.8) is 0 Å². The fourth-order valence-corrected chi connectivity index (χ4v) is 2.77. The van der Waals surface area contributed by atoms with Gasteiger partial charge >= 0.3 is 0 Å². The summed E-state index contributed by atoms with van der Waals surface area (Å²) in [5.41, 5.74) is 0.515. The molecule has 6 heteroatoms. The zero-order chi connectivity index (χ0) is 15.6. The lowest BCUT2D eigenvalue weighted by atomic mass is 10.0. The molecule has 0 aromatic heterocycles. The molecule has 0 bridgehead atoms. The molecular formula is C15H11Br2FO3. The van der Waals surface area contributed by atoms with Crippen LogP contribution in [0.3, 0.4) is 0 Å². The average Bonchev–Trinajstić information content (AvgIpc) is 2.48. The number of carbonyl (C=O) groups is 1. The zero-order valence-corrected chi connectivity index (χ0v) is 14.4. The summed E-state index contributed by atoms with van der Waals surface area (Å²) in [6.07, 6.45) is 0. The Morgan fingerprint density at radius 1 is 0.952 bits per heavy atom. The van der Waals surface area contributed by atoms with Crippen LogP contribution in [-0.2, 0) is 0 Å². The Kier molecular flexibility index (Phi) is 5.00. The molecule has 0 aliphatic carbocycles. The summed E-state index contributed by atoms with van der Waals surface area (Å²) >= 11 is 6.58. The van der Waals surface area contributed by atoms with Crippen LogP contribution in [0.15, 0.2) is 39.3 Å². The van der Waals surface area contributed by atoms with Crippen molar-refractivity contribution >= 4 is 37.6 Å². The number of halogens is 3. The lowest BCUT2D eigenvalue weighted by Crippen LogP contribution is -2.06. The molecular weight excluding hydrogens is 407 g/mol. The van der Waals surface area contributed by atoms with E-state index >= 15 is 0 Å². The van der Waals surface area contributed by atoms with Gasteiger partial charge in [0.15, 0.2) is 5.78 Å². The highest BCUT2D eigenvalue weighted by atomic mass is 79.9. The van der Waals surface area contributed by atoms with Gasteiger partial charge in [0, 0.05) is 10.0 Å². The van der Waals surface area contributed by atoms with Crippen LogP contribution in [0.2, 0.25) is 0 Å². The summed E-state index contributed by atoms with van der Waals surface area (Å²) in [6.45, 7) is 0. The van der Waals surface area contributed by atoms with Crippen molar-refractivity contribution in [3.05, 3.63) is 56.2 Å².